The lowest BCUT2D eigenvalue weighted by Crippen LogP contribution is -2.07. The van der Waals surface area contributed by atoms with Crippen molar-refractivity contribution >= 4 is 17.4 Å². The highest BCUT2D eigenvalue weighted by atomic mass is 32.2. The van der Waals surface area contributed by atoms with E-state index in [-0.39, 0.29) is 0 Å². The minimum Gasteiger partial charge on any atom is -0.307 e. The maximum atomic E-state index is 4.67. The molecule has 7 heteroatoms. The van der Waals surface area contributed by atoms with E-state index >= 15 is 0 Å². The maximum absolute atomic E-state index is 4.67. The molecule has 0 aliphatic heterocycles. The van der Waals surface area contributed by atoms with Crippen LogP contribution in [-0.2, 0) is 12.3 Å². The van der Waals surface area contributed by atoms with E-state index in [1.54, 1.807) is 11.8 Å². The highest BCUT2D eigenvalue weighted by Gasteiger charge is 2.10. The van der Waals surface area contributed by atoms with Crippen LogP contribution in [0.4, 0.5) is 0 Å². The van der Waals surface area contributed by atoms with Gasteiger partial charge in [-0.25, -0.2) is 9.67 Å². The summed E-state index contributed by atoms with van der Waals surface area (Å²) in [4.78, 5) is 4.67. The van der Waals surface area contributed by atoms with E-state index in [4.69, 9.17) is 0 Å². The van der Waals surface area contributed by atoms with Gasteiger partial charge in [-0.1, -0.05) is 31.7 Å². The average Bonchev–Trinajstić information content (AvgIpc) is 3.03. The van der Waals surface area contributed by atoms with E-state index in [0.29, 0.717) is 5.92 Å². The summed E-state index contributed by atoms with van der Waals surface area (Å²) in [6, 6.07) is 4.10. The second-order valence-electron chi connectivity index (χ2n) is 5.48. The van der Waals surface area contributed by atoms with Crippen LogP contribution >= 0.6 is 11.8 Å². The second-order valence-corrected chi connectivity index (χ2v) is 6.42. The standard InChI is InChI=1S/C14H18N6S/c1-10(2)7-20-14(16-17-18-20)21-9-12-8-19-6-4-5-11(3)13(19)15-12/h4-6,8,10H,7,9H2,1-3H3. The number of thioether (sulfide) groups is 1. The normalized spacial score (nSPS) is 11.6. The van der Waals surface area contributed by atoms with Gasteiger partial charge in [-0.15, -0.1) is 5.10 Å². The Morgan fingerprint density at radius 1 is 1.33 bits per heavy atom. The number of hydrogen-bond donors (Lipinski definition) is 0. The third-order valence-electron chi connectivity index (χ3n) is 3.11. The average molecular weight is 302 g/mol. The number of nitrogens with zero attached hydrogens (tertiary/aromatic N) is 6. The summed E-state index contributed by atoms with van der Waals surface area (Å²) in [5.41, 5.74) is 3.22. The monoisotopic (exact) mass is 302 g/mol. The van der Waals surface area contributed by atoms with E-state index in [9.17, 15) is 0 Å². The van der Waals surface area contributed by atoms with Gasteiger partial charge >= 0.3 is 0 Å². The molecule has 6 nitrogen and oxygen atoms in total. The van der Waals surface area contributed by atoms with E-state index < -0.39 is 0 Å². The summed E-state index contributed by atoms with van der Waals surface area (Å²) in [5.74, 6) is 1.28. The number of fused-ring (bicyclic) bond motifs is 1. The summed E-state index contributed by atoms with van der Waals surface area (Å²) >= 11 is 1.62. The molecule has 110 valence electrons. The van der Waals surface area contributed by atoms with Crippen LogP contribution in [0.2, 0.25) is 0 Å². The van der Waals surface area contributed by atoms with Gasteiger partial charge in [0.15, 0.2) is 0 Å². The summed E-state index contributed by atoms with van der Waals surface area (Å²) in [6.07, 6.45) is 4.08. The second kappa shape index (κ2) is 5.85. The fourth-order valence-electron chi connectivity index (χ4n) is 2.17. The molecular formula is C14H18N6S. The molecule has 0 aliphatic carbocycles. The van der Waals surface area contributed by atoms with E-state index in [0.717, 1.165) is 28.8 Å². The van der Waals surface area contributed by atoms with Crippen LogP contribution in [0.15, 0.2) is 29.7 Å². The van der Waals surface area contributed by atoms with Crippen molar-refractivity contribution in [2.24, 2.45) is 5.92 Å². The lowest BCUT2D eigenvalue weighted by Gasteiger charge is -2.05. The van der Waals surface area contributed by atoms with Gasteiger partial charge < -0.3 is 4.40 Å². The topological polar surface area (TPSA) is 60.9 Å². The highest BCUT2D eigenvalue weighted by Crippen LogP contribution is 2.21. The van der Waals surface area contributed by atoms with Crippen LogP contribution in [-0.4, -0.2) is 29.6 Å². The Morgan fingerprint density at radius 3 is 2.95 bits per heavy atom. The van der Waals surface area contributed by atoms with Gasteiger partial charge in [0.05, 0.1) is 5.69 Å². The maximum Gasteiger partial charge on any atom is 0.209 e. The van der Waals surface area contributed by atoms with Crippen molar-refractivity contribution < 1.29 is 0 Å². The molecule has 0 amide bonds. The fraction of sp³-hybridized carbons (Fsp3) is 0.429. The fourth-order valence-corrected chi connectivity index (χ4v) is 2.94. The number of aryl methyl sites for hydroxylation is 1. The first kappa shape index (κ1) is 14.1. The number of rotatable bonds is 5. The zero-order chi connectivity index (χ0) is 14.8. The molecule has 3 aromatic heterocycles. The zero-order valence-corrected chi connectivity index (χ0v) is 13.2. The molecule has 0 aromatic carbocycles. The van der Waals surface area contributed by atoms with Gasteiger partial charge in [0.1, 0.15) is 5.65 Å². The van der Waals surface area contributed by atoms with Crippen LogP contribution in [0, 0.1) is 12.8 Å². The van der Waals surface area contributed by atoms with Gasteiger partial charge in [0, 0.05) is 24.7 Å². The minimum absolute atomic E-state index is 0.519. The molecule has 3 aromatic rings. The smallest absolute Gasteiger partial charge is 0.209 e. The number of hydrogen-bond acceptors (Lipinski definition) is 5. The lowest BCUT2D eigenvalue weighted by atomic mass is 10.2. The van der Waals surface area contributed by atoms with E-state index in [1.807, 2.05) is 16.9 Å². The first-order valence-corrected chi connectivity index (χ1v) is 7.94. The van der Waals surface area contributed by atoms with Gasteiger partial charge in [-0.3, -0.25) is 0 Å². The third kappa shape index (κ3) is 3.07. The minimum atomic E-state index is 0.519. The molecular weight excluding hydrogens is 284 g/mol. The predicted molar refractivity (Wildman–Crippen MR) is 82.1 cm³/mol. The summed E-state index contributed by atoms with van der Waals surface area (Å²) < 4.78 is 3.92. The first-order valence-electron chi connectivity index (χ1n) is 6.95. The molecule has 3 heterocycles. The summed E-state index contributed by atoms with van der Waals surface area (Å²) in [6.45, 7) is 7.21. The van der Waals surface area contributed by atoms with Gasteiger partial charge in [-0.05, 0) is 34.9 Å². The molecule has 0 atom stereocenters. The molecule has 0 fully saturated rings. The molecule has 0 spiro atoms. The molecule has 0 saturated heterocycles. The van der Waals surface area contributed by atoms with Crippen molar-refractivity contribution in [3.63, 3.8) is 0 Å². The van der Waals surface area contributed by atoms with Crippen LogP contribution in [0.25, 0.3) is 5.65 Å². The Labute approximate surface area is 127 Å². The Kier molecular flexibility index (Phi) is 3.92. The van der Waals surface area contributed by atoms with Crippen molar-refractivity contribution in [2.75, 3.05) is 0 Å². The Hall–Kier alpha value is -1.89. The molecule has 0 N–H and O–H groups in total. The third-order valence-corrected chi connectivity index (χ3v) is 4.10. The molecule has 0 unspecified atom stereocenters. The predicted octanol–water partition coefficient (Wildman–Crippen LogP) is 2.58. The molecule has 0 bridgehead atoms. The quantitative estimate of drug-likeness (QED) is 0.678. The summed E-state index contributed by atoms with van der Waals surface area (Å²) in [7, 11) is 0. The Balaban J connectivity index is 1.75. The molecule has 0 saturated carbocycles. The van der Waals surface area contributed by atoms with Crippen molar-refractivity contribution in [1.29, 1.82) is 0 Å². The number of pyridine rings is 1. The van der Waals surface area contributed by atoms with Crippen LogP contribution in [0.5, 0.6) is 0 Å². The van der Waals surface area contributed by atoms with E-state index in [1.165, 1.54) is 5.56 Å². The van der Waals surface area contributed by atoms with Gasteiger partial charge in [0.25, 0.3) is 0 Å². The van der Waals surface area contributed by atoms with Crippen molar-refractivity contribution in [2.45, 2.75) is 38.2 Å². The zero-order valence-electron chi connectivity index (χ0n) is 12.4. The Bertz CT molecular complexity index is 745. The SMILES string of the molecule is Cc1cccn2cc(CSc3nnnn3CC(C)C)nc12. The Morgan fingerprint density at radius 2 is 2.19 bits per heavy atom. The molecule has 21 heavy (non-hydrogen) atoms. The van der Waals surface area contributed by atoms with Crippen LogP contribution < -0.4 is 0 Å². The van der Waals surface area contributed by atoms with Crippen LogP contribution in [0.1, 0.15) is 25.1 Å². The number of imidazole rings is 1. The summed E-state index contributed by atoms with van der Waals surface area (Å²) in [5, 5.41) is 12.7. The molecule has 0 radical (unpaired) electrons. The van der Waals surface area contributed by atoms with Crippen molar-refractivity contribution in [3.8, 4) is 0 Å². The van der Waals surface area contributed by atoms with Crippen LogP contribution in [0.3, 0.4) is 0 Å². The number of tetrazole rings is 1. The highest BCUT2D eigenvalue weighted by molar-refractivity contribution is 7.98. The lowest BCUT2D eigenvalue weighted by molar-refractivity contribution is 0.446. The largest absolute Gasteiger partial charge is 0.307 e. The van der Waals surface area contributed by atoms with Gasteiger partial charge in [0.2, 0.25) is 5.16 Å². The van der Waals surface area contributed by atoms with Crippen molar-refractivity contribution in [3.05, 3.63) is 35.8 Å². The first-order chi connectivity index (χ1) is 10.1. The molecule has 0 aliphatic rings. The molecule has 3 rings (SSSR count). The van der Waals surface area contributed by atoms with E-state index in [2.05, 4.69) is 57.9 Å². The van der Waals surface area contributed by atoms with Gasteiger partial charge in [-0.2, -0.15) is 0 Å². The number of aromatic nitrogens is 6. The van der Waals surface area contributed by atoms with Crippen molar-refractivity contribution in [1.82, 2.24) is 29.6 Å².